The van der Waals surface area contributed by atoms with Crippen molar-refractivity contribution in [2.45, 2.75) is 62.6 Å². The predicted molar refractivity (Wildman–Crippen MR) is 88.3 cm³/mol. The minimum absolute atomic E-state index is 0.0353. The zero-order chi connectivity index (χ0) is 16.5. The van der Waals surface area contributed by atoms with Gasteiger partial charge in [-0.15, -0.1) is 0 Å². The number of rotatable bonds is 1. The van der Waals surface area contributed by atoms with Crippen molar-refractivity contribution in [2.75, 3.05) is 20.4 Å². The van der Waals surface area contributed by atoms with Gasteiger partial charge in [-0.2, -0.15) is 0 Å². The van der Waals surface area contributed by atoms with E-state index in [4.69, 9.17) is 18.9 Å². The van der Waals surface area contributed by atoms with Crippen LogP contribution in [0.15, 0.2) is 18.2 Å². The van der Waals surface area contributed by atoms with Crippen LogP contribution in [0.1, 0.15) is 38.7 Å². The molecule has 1 aromatic rings. The van der Waals surface area contributed by atoms with E-state index in [0.717, 1.165) is 37.3 Å². The summed E-state index contributed by atoms with van der Waals surface area (Å²) in [5.74, 6) is 1.19. The summed E-state index contributed by atoms with van der Waals surface area (Å²) >= 11 is 0. The average Bonchev–Trinajstić information content (AvgIpc) is 3.21. The van der Waals surface area contributed by atoms with Crippen LogP contribution in [-0.4, -0.2) is 49.3 Å². The van der Waals surface area contributed by atoms with Crippen LogP contribution in [0.25, 0.3) is 0 Å². The Balaban J connectivity index is 1.63. The fourth-order valence-corrected chi connectivity index (χ4v) is 5.38. The lowest BCUT2D eigenvalue weighted by molar-refractivity contribution is -0.151. The number of ether oxygens (including phenoxy) is 4. The van der Waals surface area contributed by atoms with Crippen LogP contribution in [0.2, 0.25) is 0 Å². The van der Waals surface area contributed by atoms with Gasteiger partial charge in [-0.05, 0) is 64.4 Å². The van der Waals surface area contributed by atoms with Crippen LogP contribution in [0.4, 0.5) is 0 Å². The number of hydrogen-bond donors (Lipinski definition) is 0. The Morgan fingerprint density at radius 1 is 1.08 bits per heavy atom. The third-order valence-corrected chi connectivity index (χ3v) is 6.33. The molecule has 5 heteroatoms. The van der Waals surface area contributed by atoms with Crippen molar-refractivity contribution in [3.05, 3.63) is 23.8 Å². The van der Waals surface area contributed by atoms with E-state index >= 15 is 0 Å². The summed E-state index contributed by atoms with van der Waals surface area (Å²) in [5, 5.41) is 0. The first-order valence-electron chi connectivity index (χ1n) is 8.96. The van der Waals surface area contributed by atoms with E-state index < -0.39 is 5.79 Å². The van der Waals surface area contributed by atoms with Gasteiger partial charge < -0.3 is 23.8 Å². The fourth-order valence-electron chi connectivity index (χ4n) is 5.38. The summed E-state index contributed by atoms with van der Waals surface area (Å²) in [4.78, 5) is 2.50. The molecule has 0 aromatic heterocycles. The quantitative estimate of drug-likeness (QED) is 0.791. The highest BCUT2D eigenvalue weighted by molar-refractivity contribution is 5.48. The SMILES string of the molecule is CN1CC[C@@]2(c3ccc4c(c3)OCO4)[C@@H]3OC(C)(C)O[C@H]3CC[C@@H]12. The molecule has 24 heavy (non-hydrogen) atoms. The average molecular weight is 331 g/mol. The number of nitrogens with zero attached hydrogens (tertiary/aromatic N) is 1. The highest BCUT2D eigenvalue weighted by Gasteiger charge is 2.62. The molecule has 2 saturated heterocycles. The van der Waals surface area contributed by atoms with Crippen LogP contribution in [0.3, 0.4) is 0 Å². The molecule has 3 fully saturated rings. The number of benzene rings is 1. The summed E-state index contributed by atoms with van der Waals surface area (Å²) in [7, 11) is 2.24. The van der Waals surface area contributed by atoms with Crippen LogP contribution in [0.5, 0.6) is 11.5 Å². The molecule has 4 aliphatic rings. The second-order valence-corrected chi connectivity index (χ2v) is 8.03. The molecule has 0 bridgehead atoms. The first-order valence-corrected chi connectivity index (χ1v) is 8.96. The molecule has 5 nitrogen and oxygen atoms in total. The maximum atomic E-state index is 6.47. The van der Waals surface area contributed by atoms with Gasteiger partial charge >= 0.3 is 0 Å². The standard InChI is InChI=1S/C19H25NO4/c1-18(2)23-14-6-7-16-19(17(14)24-18,8-9-20(16)3)12-4-5-13-15(10-12)22-11-21-13/h4-5,10,14,16-17H,6-9,11H2,1-3H3/t14-,16+,17+,19-/m0/s1. The topological polar surface area (TPSA) is 40.2 Å². The van der Waals surface area contributed by atoms with Crippen molar-refractivity contribution in [1.29, 1.82) is 0 Å². The van der Waals surface area contributed by atoms with Gasteiger partial charge in [-0.1, -0.05) is 6.07 Å². The van der Waals surface area contributed by atoms with E-state index in [2.05, 4.69) is 24.1 Å². The Bertz CT molecular complexity index is 675. The summed E-state index contributed by atoms with van der Waals surface area (Å²) in [5.41, 5.74) is 1.27. The third kappa shape index (κ3) is 1.92. The van der Waals surface area contributed by atoms with E-state index in [0.29, 0.717) is 12.8 Å². The third-order valence-electron chi connectivity index (χ3n) is 6.33. The first-order chi connectivity index (χ1) is 11.5. The van der Waals surface area contributed by atoms with Crippen LogP contribution < -0.4 is 9.47 Å². The van der Waals surface area contributed by atoms with Gasteiger partial charge in [-0.3, -0.25) is 0 Å². The van der Waals surface area contributed by atoms with Gasteiger partial charge in [-0.25, -0.2) is 0 Å². The fraction of sp³-hybridized carbons (Fsp3) is 0.684. The van der Waals surface area contributed by atoms with E-state index in [9.17, 15) is 0 Å². The second kappa shape index (κ2) is 4.87. The lowest BCUT2D eigenvalue weighted by Gasteiger charge is -2.47. The van der Waals surface area contributed by atoms with E-state index in [1.54, 1.807) is 0 Å². The Hall–Kier alpha value is -1.30. The number of likely N-dealkylation sites (N-methyl/N-ethyl adjacent to an activating group) is 1. The molecule has 1 saturated carbocycles. The largest absolute Gasteiger partial charge is 0.454 e. The molecule has 0 unspecified atom stereocenters. The van der Waals surface area contributed by atoms with Gasteiger partial charge in [0.05, 0.1) is 12.2 Å². The van der Waals surface area contributed by atoms with Crippen molar-refractivity contribution in [2.24, 2.45) is 0 Å². The summed E-state index contributed by atoms with van der Waals surface area (Å²) in [6, 6.07) is 6.91. The summed E-state index contributed by atoms with van der Waals surface area (Å²) in [6.07, 6.45) is 3.57. The van der Waals surface area contributed by atoms with Gasteiger partial charge in [0.2, 0.25) is 6.79 Å². The molecular formula is C19H25NO4. The van der Waals surface area contributed by atoms with Gasteiger partial charge in [0, 0.05) is 11.5 Å². The molecule has 3 heterocycles. The van der Waals surface area contributed by atoms with E-state index in [-0.39, 0.29) is 17.6 Å². The molecule has 0 amide bonds. The predicted octanol–water partition coefficient (Wildman–Crippen LogP) is 2.67. The van der Waals surface area contributed by atoms with Gasteiger partial charge in [0.25, 0.3) is 0 Å². The number of likely N-dealkylation sites (tertiary alicyclic amines) is 1. The van der Waals surface area contributed by atoms with Crippen LogP contribution in [0, 0.1) is 0 Å². The number of hydrogen-bond acceptors (Lipinski definition) is 5. The minimum atomic E-state index is -0.505. The molecule has 3 aliphatic heterocycles. The van der Waals surface area contributed by atoms with E-state index in [1.165, 1.54) is 5.56 Å². The highest BCUT2D eigenvalue weighted by atomic mass is 16.8. The van der Waals surface area contributed by atoms with Crippen molar-refractivity contribution in [3.8, 4) is 11.5 Å². The lowest BCUT2D eigenvalue weighted by Crippen LogP contribution is -2.56. The molecule has 4 atom stereocenters. The minimum Gasteiger partial charge on any atom is -0.454 e. The molecule has 1 aromatic carbocycles. The second-order valence-electron chi connectivity index (χ2n) is 8.03. The zero-order valence-corrected chi connectivity index (χ0v) is 14.6. The van der Waals surface area contributed by atoms with Crippen molar-refractivity contribution < 1.29 is 18.9 Å². The monoisotopic (exact) mass is 331 g/mol. The normalized spacial score (nSPS) is 39.7. The smallest absolute Gasteiger partial charge is 0.231 e. The van der Waals surface area contributed by atoms with Crippen LogP contribution >= 0.6 is 0 Å². The Morgan fingerprint density at radius 3 is 2.79 bits per heavy atom. The molecule has 130 valence electrons. The van der Waals surface area contributed by atoms with Crippen molar-refractivity contribution in [1.82, 2.24) is 4.90 Å². The molecule has 0 radical (unpaired) electrons. The van der Waals surface area contributed by atoms with Gasteiger partial charge in [0.15, 0.2) is 17.3 Å². The molecular weight excluding hydrogens is 306 g/mol. The molecule has 0 spiro atoms. The lowest BCUT2D eigenvalue weighted by atomic mass is 9.63. The molecule has 5 rings (SSSR count). The van der Waals surface area contributed by atoms with E-state index in [1.807, 2.05) is 19.9 Å². The van der Waals surface area contributed by atoms with Gasteiger partial charge in [0.1, 0.15) is 0 Å². The Kier molecular flexibility index (Phi) is 3.04. The molecule has 0 N–H and O–H groups in total. The zero-order valence-electron chi connectivity index (χ0n) is 14.6. The van der Waals surface area contributed by atoms with Crippen molar-refractivity contribution in [3.63, 3.8) is 0 Å². The highest BCUT2D eigenvalue weighted by Crippen LogP contribution is 2.55. The molecule has 1 aliphatic carbocycles. The maximum absolute atomic E-state index is 6.47. The summed E-state index contributed by atoms with van der Waals surface area (Å²) in [6.45, 7) is 5.47. The van der Waals surface area contributed by atoms with Crippen molar-refractivity contribution >= 4 is 0 Å². The number of fused-ring (bicyclic) bond motifs is 4. The Labute approximate surface area is 142 Å². The summed E-state index contributed by atoms with van der Waals surface area (Å²) < 4.78 is 23.9. The first kappa shape index (κ1) is 15.0. The van der Waals surface area contributed by atoms with Crippen LogP contribution in [-0.2, 0) is 14.9 Å². The Morgan fingerprint density at radius 2 is 1.92 bits per heavy atom. The maximum Gasteiger partial charge on any atom is 0.231 e.